The normalized spacial score (nSPS) is 10.9. The summed E-state index contributed by atoms with van der Waals surface area (Å²) in [6.45, 7) is 1.25. The molecule has 0 unspecified atom stereocenters. The first-order chi connectivity index (χ1) is 16.7. The van der Waals surface area contributed by atoms with Gasteiger partial charge in [0.2, 0.25) is 5.91 Å². The van der Waals surface area contributed by atoms with Gasteiger partial charge in [-0.05, 0) is 48.9 Å². The number of rotatable bonds is 10. The van der Waals surface area contributed by atoms with Crippen LogP contribution in [0.15, 0.2) is 65.6 Å². The molecule has 9 nitrogen and oxygen atoms in total. The number of carbonyl (C=O) groups is 1. The molecule has 0 aliphatic heterocycles. The second kappa shape index (κ2) is 11.0. The molecule has 35 heavy (non-hydrogen) atoms. The van der Waals surface area contributed by atoms with E-state index in [-0.39, 0.29) is 16.3 Å². The van der Waals surface area contributed by atoms with E-state index in [1.807, 2.05) is 0 Å². The van der Waals surface area contributed by atoms with Crippen LogP contribution in [-0.2, 0) is 14.8 Å². The molecule has 3 rings (SSSR count). The Balaban J connectivity index is 2.05. The van der Waals surface area contributed by atoms with E-state index in [1.165, 1.54) is 34.5 Å². The molecule has 186 valence electrons. The lowest BCUT2D eigenvalue weighted by Crippen LogP contribution is -2.38. The quantitative estimate of drug-likeness (QED) is 0.451. The minimum absolute atomic E-state index is 0.0606. The maximum absolute atomic E-state index is 13.9. The summed E-state index contributed by atoms with van der Waals surface area (Å²) in [5.41, 5.74) is 1.31. The van der Waals surface area contributed by atoms with Crippen LogP contribution in [0.5, 0.6) is 23.0 Å². The number of nitrogens with one attached hydrogen (secondary N) is 1. The van der Waals surface area contributed by atoms with Gasteiger partial charge in [0, 0.05) is 12.1 Å². The second-order valence-corrected chi connectivity index (χ2v) is 9.31. The number of aryl methyl sites for hydroxylation is 1. The zero-order chi connectivity index (χ0) is 25.6. The van der Waals surface area contributed by atoms with Crippen molar-refractivity contribution in [3.63, 3.8) is 0 Å². The molecule has 0 saturated carbocycles. The molecule has 3 aromatic carbocycles. The number of hydrogen-bond donors (Lipinski definition) is 1. The summed E-state index contributed by atoms with van der Waals surface area (Å²) >= 11 is 0. The maximum atomic E-state index is 13.9. The van der Waals surface area contributed by atoms with Gasteiger partial charge in [0.15, 0.2) is 0 Å². The predicted octanol–water partition coefficient (Wildman–Crippen LogP) is 3.86. The molecule has 0 heterocycles. The van der Waals surface area contributed by atoms with E-state index >= 15 is 0 Å². The smallest absolute Gasteiger partial charge is 0.268 e. The van der Waals surface area contributed by atoms with Crippen LogP contribution >= 0.6 is 0 Å². The molecule has 1 amide bonds. The summed E-state index contributed by atoms with van der Waals surface area (Å²) < 4.78 is 49.8. The highest BCUT2D eigenvalue weighted by atomic mass is 32.2. The molecule has 0 aliphatic rings. The molecule has 0 fully saturated rings. The van der Waals surface area contributed by atoms with Gasteiger partial charge in [0.1, 0.15) is 34.4 Å². The van der Waals surface area contributed by atoms with E-state index in [2.05, 4.69) is 5.32 Å². The minimum Gasteiger partial charge on any atom is -0.497 e. The molecule has 0 aliphatic carbocycles. The Morgan fingerprint density at radius 1 is 0.829 bits per heavy atom. The molecule has 1 N–H and O–H groups in total. The standard InChI is InChI=1S/C25H28N2O7S/c1-17-9-11-23(34-5)24(13-17)35(29,30)27(18-7-6-8-19(14-18)31-2)16-25(28)26-21-15-20(32-3)10-12-22(21)33-4/h6-15H,16H2,1-5H3,(H,26,28). The van der Waals surface area contributed by atoms with Crippen LogP contribution in [0.1, 0.15) is 5.56 Å². The number of ether oxygens (including phenoxy) is 4. The number of methoxy groups -OCH3 is 4. The summed E-state index contributed by atoms with van der Waals surface area (Å²) in [4.78, 5) is 13.1. The number of anilines is 2. The van der Waals surface area contributed by atoms with Crippen molar-refractivity contribution in [2.45, 2.75) is 11.8 Å². The van der Waals surface area contributed by atoms with Gasteiger partial charge < -0.3 is 24.3 Å². The molecule has 0 spiro atoms. The molecular formula is C25H28N2O7S. The third-order valence-electron chi connectivity index (χ3n) is 5.20. The summed E-state index contributed by atoms with van der Waals surface area (Å²) in [5, 5.41) is 2.72. The third-order valence-corrected chi connectivity index (χ3v) is 6.99. The van der Waals surface area contributed by atoms with Crippen molar-refractivity contribution < 1.29 is 32.2 Å². The van der Waals surface area contributed by atoms with Crippen molar-refractivity contribution in [1.82, 2.24) is 0 Å². The van der Waals surface area contributed by atoms with Gasteiger partial charge in [0.25, 0.3) is 10.0 Å². The zero-order valence-electron chi connectivity index (χ0n) is 20.2. The summed E-state index contributed by atoms with van der Waals surface area (Å²) in [7, 11) is 1.61. The van der Waals surface area contributed by atoms with Crippen molar-refractivity contribution in [3.05, 3.63) is 66.2 Å². The van der Waals surface area contributed by atoms with E-state index in [1.54, 1.807) is 61.5 Å². The average Bonchev–Trinajstić information content (AvgIpc) is 2.87. The van der Waals surface area contributed by atoms with Gasteiger partial charge in [-0.2, -0.15) is 0 Å². The first-order valence-corrected chi connectivity index (χ1v) is 12.0. The van der Waals surface area contributed by atoms with E-state index in [0.29, 0.717) is 22.9 Å². The zero-order valence-corrected chi connectivity index (χ0v) is 21.0. The lowest BCUT2D eigenvalue weighted by atomic mass is 10.2. The predicted molar refractivity (Wildman–Crippen MR) is 133 cm³/mol. The molecule has 0 aromatic heterocycles. The van der Waals surface area contributed by atoms with Crippen LogP contribution in [0.2, 0.25) is 0 Å². The van der Waals surface area contributed by atoms with Crippen molar-refractivity contribution in [2.24, 2.45) is 0 Å². The van der Waals surface area contributed by atoms with Gasteiger partial charge in [-0.1, -0.05) is 12.1 Å². The van der Waals surface area contributed by atoms with Crippen LogP contribution in [0.25, 0.3) is 0 Å². The summed E-state index contributed by atoms with van der Waals surface area (Å²) in [6, 6.07) is 16.2. The SMILES string of the molecule is COc1cccc(N(CC(=O)Nc2cc(OC)ccc2OC)S(=O)(=O)c2cc(C)ccc2OC)c1. The number of nitrogens with zero attached hydrogens (tertiary/aromatic N) is 1. The highest BCUT2D eigenvalue weighted by Gasteiger charge is 2.31. The van der Waals surface area contributed by atoms with Gasteiger partial charge in [-0.25, -0.2) is 8.42 Å². The maximum Gasteiger partial charge on any atom is 0.268 e. The van der Waals surface area contributed by atoms with E-state index in [4.69, 9.17) is 18.9 Å². The number of hydrogen-bond acceptors (Lipinski definition) is 7. The van der Waals surface area contributed by atoms with Gasteiger partial charge in [-0.15, -0.1) is 0 Å². The van der Waals surface area contributed by atoms with Gasteiger partial charge in [0.05, 0.1) is 39.8 Å². The Morgan fingerprint density at radius 3 is 2.14 bits per heavy atom. The molecule has 3 aromatic rings. The van der Waals surface area contributed by atoms with E-state index < -0.39 is 22.5 Å². The van der Waals surface area contributed by atoms with Gasteiger partial charge >= 0.3 is 0 Å². The Kier molecular flexibility index (Phi) is 8.08. The van der Waals surface area contributed by atoms with E-state index in [0.717, 1.165) is 9.87 Å². The Morgan fingerprint density at radius 2 is 1.49 bits per heavy atom. The van der Waals surface area contributed by atoms with Gasteiger partial charge in [-0.3, -0.25) is 9.10 Å². The number of sulfonamides is 1. The molecule has 10 heteroatoms. The fraction of sp³-hybridized carbons (Fsp3) is 0.240. The first kappa shape index (κ1) is 25.7. The second-order valence-electron chi connectivity index (χ2n) is 7.48. The Labute approximate surface area is 205 Å². The van der Waals surface area contributed by atoms with E-state index in [9.17, 15) is 13.2 Å². The molecule has 0 radical (unpaired) electrons. The number of carbonyl (C=O) groups excluding carboxylic acids is 1. The summed E-state index contributed by atoms with van der Waals surface area (Å²) in [6.07, 6.45) is 0. The van der Waals surface area contributed by atoms with Crippen LogP contribution < -0.4 is 28.6 Å². The van der Waals surface area contributed by atoms with Crippen LogP contribution in [0, 0.1) is 6.92 Å². The van der Waals surface area contributed by atoms with Crippen molar-refractivity contribution in [1.29, 1.82) is 0 Å². The summed E-state index contributed by atoms with van der Waals surface area (Å²) in [5.74, 6) is 0.917. The molecule has 0 saturated heterocycles. The largest absolute Gasteiger partial charge is 0.497 e. The minimum atomic E-state index is -4.22. The monoisotopic (exact) mass is 500 g/mol. The molecule has 0 bridgehead atoms. The Bertz CT molecular complexity index is 1310. The van der Waals surface area contributed by atoms with Crippen LogP contribution in [0.4, 0.5) is 11.4 Å². The van der Waals surface area contributed by atoms with Crippen molar-refractivity contribution in [2.75, 3.05) is 44.6 Å². The van der Waals surface area contributed by atoms with Crippen LogP contribution in [-0.4, -0.2) is 49.3 Å². The highest BCUT2D eigenvalue weighted by Crippen LogP contribution is 2.33. The third kappa shape index (κ3) is 5.78. The topological polar surface area (TPSA) is 103 Å². The number of benzene rings is 3. The average molecular weight is 501 g/mol. The molecule has 0 atom stereocenters. The fourth-order valence-corrected chi connectivity index (χ4v) is 5.07. The van der Waals surface area contributed by atoms with Crippen LogP contribution in [0.3, 0.4) is 0 Å². The Hall–Kier alpha value is -3.92. The highest BCUT2D eigenvalue weighted by molar-refractivity contribution is 7.93. The van der Waals surface area contributed by atoms with Crippen molar-refractivity contribution in [3.8, 4) is 23.0 Å². The lowest BCUT2D eigenvalue weighted by molar-refractivity contribution is -0.114. The fourth-order valence-electron chi connectivity index (χ4n) is 3.42. The first-order valence-electron chi connectivity index (χ1n) is 10.6. The molecular weight excluding hydrogens is 472 g/mol. The lowest BCUT2D eigenvalue weighted by Gasteiger charge is -2.25. The number of amides is 1. The van der Waals surface area contributed by atoms with Crippen molar-refractivity contribution >= 4 is 27.3 Å².